The Balaban J connectivity index is 1.14. The third-order valence-corrected chi connectivity index (χ3v) is 8.41. The molecule has 0 radical (unpaired) electrons. The highest BCUT2D eigenvalue weighted by atomic mass is 19.1. The molecule has 45 heavy (non-hydrogen) atoms. The summed E-state index contributed by atoms with van der Waals surface area (Å²) in [6.07, 6.45) is 3.44. The highest BCUT2D eigenvalue weighted by Crippen LogP contribution is 2.31. The predicted molar refractivity (Wildman–Crippen MR) is 168 cm³/mol. The van der Waals surface area contributed by atoms with Crippen molar-refractivity contribution in [2.45, 2.75) is 85.0 Å². The number of benzene rings is 1. The van der Waals surface area contributed by atoms with Crippen molar-refractivity contribution in [1.82, 2.24) is 34.3 Å². The summed E-state index contributed by atoms with van der Waals surface area (Å²) in [5, 5.41) is 3.11. The minimum Gasteiger partial charge on any atom is -0.444 e. The number of aryl methyl sites for hydroxylation is 1. The number of imidazole rings is 1. The third-order valence-electron chi connectivity index (χ3n) is 8.41. The number of nitrogens with one attached hydrogen (secondary N) is 1. The summed E-state index contributed by atoms with van der Waals surface area (Å²) in [5.74, 6) is 0.230. The number of pyridine rings is 1. The van der Waals surface area contributed by atoms with Crippen LogP contribution in [-0.2, 0) is 17.7 Å². The number of halogens is 2. The van der Waals surface area contributed by atoms with Gasteiger partial charge in [0, 0.05) is 55.9 Å². The SMILES string of the molecule is Cc1nc2c(F)cc(-c3nc(Nc4ccc5c(n4)CCN(C4CCN(C(=O)OC(C)(C)C)CC4)C5)ncc3F)cc2n1C(C)C. The van der Waals surface area contributed by atoms with E-state index in [-0.39, 0.29) is 29.3 Å². The first-order valence-electron chi connectivity index (χ1n) is 15.5. The van der Waals surface area contributed by atoms with Gasteiger partial charge in [-0.15, -0.1) is 0 Å². The smallest absolute Gasteiger partial charge is 0.410 e. The van der Waals surface area contributed by atoms with Crippen LogP contribution >= 0.6 is 0 Å². The molecule has 0 spiro atoms. The van der Waals surface area contributed by atoms with Gasteiger partial charge in [0.25, 0.3) is 0 Å². The van der Waals surface area contributed by atoms with Gasteiger partial charge in [0.05, 0.1) is 11.7 Å². The summed E-state index contributed by atoms with van der Waals surface area (Å²) in [4.78, 5) is 34.5. The average molecular weight is 619 g/mol. The van der Waals surface area contributed by atoms with Crippen molar-refractivity contribution in [3.05, 3.63) is 59.2 Å². The van der Waals surface area contributed by atoms with E-state index in [1.54, 1.807) is 11.0 Å². The Morgan fingerprint density at radius 3 is 2.51 bits per heavy atom. The monoisotopic (exact) mass is 618 g/mol. The van der Waals surface area contributed by atoms with E-state index in [0.29, 0.717) is 41.9 Å². The standard InChI is InChI=1S/C33H40F2N8O2/c1-19(2)43-20(3)37-30-24(34)15-22(16-27(30)43)29-25(35)17-36-31(40-29)39-28-8-7-21-18-42(14-11-26(21)38-28)23-9-12-41(13-10-23)32(44)45-33(4,5)6/h7-8,15-17,19,23H,9-14,18H2,1-6H3,(H,36,38,39,40). The molecule has 238 valence electrons. The lowest BCUT2D eigenvalue weighted by Gasteiger charge is -2.40. The summed E-state index contributed by atoms with van der Waals surface area (Å²) in [5.41, 5.74) is 2.79. The van der Waals surface area contributed by atoms with Gasteiger partial charge >= 0.3 is 6.09 Å². The fraction of sp³-hybridized carbons (Fsp3) is 0.485. The van der Waals surface area contributed by atoms with Crippen LogP contribution in [0.15, 0.2) is 30.5 Å². The minimum absolute atomic E-state index is 0.00576. The van der Waals surface area contributed by atoms with Crippen molar-refractivity contribution in [2.75, 3.05) is 25.0 Å². The lowest BCUT2D eigenvalue weighted by molar-refractivity contribution is 0.0133. The van der Waals surface area contributed by atoms with Gasteiger partial charge in [-0.1, -0.05) is 6.07 Å². The number of likely N-dealkylation sites (tertiary alicyclic amines) is 1. The molecule has 1 N–H and O–H groups in total. The molecular weight excluding hydrogens is 578 g/mol. The first-order valence-corrected chi connectivity index (χ1v) is 15.5. The first-order chi connectivity index (χ1) is 21.4. The second-order valence-corrected chi connectivity index (χ2v) is 13.2. The predicted octanol–water partition coefficient (Wildman–Crippen LogP) is 6.56. The highest BCUT2D eigenvalue weighted by Gasteiger charge is 2.31. The van der Waals surface area contributed by atoms with Gasteiger partial charge in [0.15, 0.2) is 11.6 Å². The molecule has 10 nitrogen and oxygen atoms in total. The summed E-state index contributed by atoms with van der Waals surface area (Å²) >= 11 is 0. The quantitative estimate of drug-likeness (QED) is 0.269. The van der Waals surface area contributed by atoms with E-state index in [0.717, 1.165) is 49.8 Å². The number of hydrogen-bond donors (Lipinski definition) is 1. The van der Waals surface area contributed by atoms with E-state index in [1.165, 1.54) is 6.07 Å². The number of rotatable bonds is 5. The van der Waals surface area contributed by atoms with Crippen LogP contribution in [0.1, 0.15) is 70.6 Å². The molecule has 1 aromatic carbocycles. The van der Waals surface area contributed by atoms with Crippen LogP contribution in [0.5, 0.6) is 0 Å². The van der Waals surface area contributed by atoms with Crippen molar-refractivity contribution in [3.63, 3.8) is 0 Å². The number of nitrogens with zero attached hydrogens (tertiary/aromatic N) is 7. The van der Waals surface area contributed by atoms with Crippen molar-refractivity contribution in [2.24, 2.45) is 0 Å². The zero-order chi connectivity index (χ0) is 32.0. The molecule has 1 fully saturated rings. The molecule has 0 atom stereocenters. The Morgan fingerprint density at radius 2 is 1.80 bits per heavy atom. The van der Waals surface area contributed by atoms with Crippen LogP contribution in [0.25, 0.3) is 22.3 Å². The number of ether oxygens (including phenoxy) is 1. The third kappa shape index (κ3) is 6.47. The normalized spacial score (nSPS) is 16.3. The molecule has 0 saturated carbocycles. The van der Waals surface area contributed by atoms with Gasteiger partial charge in [-0.3, -0.25) is 4.90 Å². The van der Waals surface area contributed by atoms with Crippen molar-refractivity contribution in [3.8, 4) is 11.3 Å². The molecule has 0 unspecified atom stereocenters. The fourth-order valence-electron chi connectivity index (χ4n) is 6.36. The van der Waals surface area contributed by atoms with E-state index in [9.17, 15) is 9.18 Å². The fourth-order valence-corrected chi connectivity index (χ4v) is 6.36. The lowest BCUT2D eigenvalue weighted by Crippen LogP contribution is -2.49. The number of carbonyl (C=O) groups is 1. The summed E-state index contributed by atoms with van der Waals surface area (Å²) < 4.78 is 37.5. The molecule has 12 heteroatoms. The number of hydrogen-bond acceptors (Lipinski definition) is 8. The van der Waals surface area contributed by atoms with Gasteiger partial charge in [0.1, 0.15) is 28.5 Å². The average Bonchev–Trinajstić information content (AvgIpc) is 3.33. The molecule has 1 saturated heterocycles. The van der Waals surface area contributed by atoms with Crippen LogP contribution < -0.4 is 5.32 Å². The molecule has 3 aromatic heterocycles. The molecule has 5 heterocycles. The molecule has 2 aliphatic rings. The lowest BCUT2D eigenvalue weighted by atomic mass is 9.98. The van der Waals surface area contributed by atoms with Crippen LogP contribution in [-0.4, -0.2) is 71.7 Å². The number of aromatic nitrogens is 5. The van der Waals surface area contributed by atoms with Crippen LogP contribution in [0.4, 0.5) is 25.3 Å². The summed E-state index contributed by atoms with van der Waals surface area (Å²) in [7, 11) is 0. The zero-order valence-corrected chi connectivity index (χ0v) is 26.7. The summed E-state index contributed by atoms with van der Waals surface area (Å²) in [6.45, 7) is 14.5. The van der Waals surface area contributed by atoms with Gasteiger partial charge < -0.3 is 19.5 Å². The Kier molecular flexibility index (Phi) is 8.19. The van der Waals surface area contributed by atoms with Crippen LogP contribution in [0.2, 0.25) is 0 Å². The van der Waals surface area contributed by atoms with Gasteiger partial charge in [0.2, 0.25) is 5.95 Å². The Labute approximate surface area is 261 Å². The summed E-state index contributed by atoms with van der Waals surface area (Å²) in [6, 6.07) is 7.35. The second kappa shape index (κ2) is 12.0. The van der Waals surface area contributed by atoms with E-state index >= 15 is 4.39 Å². The van der Waals surface area contributed by atoms with E-state index < -0.39 is 17.2 Å². The van der Waals surface area contributed by atoms with Gasteiger partial charge in [-0.25, -0.2) is 33.5 Å². The molecular formula is C33H40F2N8O2. The van der Waals surface area contributed by atoms with E-state index in [1.807, 2.05) is 52.2 Å². The van der Waals surface area contributed by atoms with Crippen molar-refractivity contribution in [1.29, 1.82) is 0 Å². The molecule has 0 bridgehead atoms. The largest absolute Gasteiger partial charge is 0.444 e. The minimum atomic E-state index is -0.651. The van der Waals surface area contributed by atoms with Gasteiger partial charge in [-0.05, 0) is 78.1 Å². The van der Waals surface area contributed by atoms with Gasteiger partial charge in [-0.2, -0.15) is 0 Å². The number of piperidine rings is 1. The maximum Gasteiger partial charge on any atom is 0.410 e. The van der Waals surface area contributed by atoms with Crippen LogP contribution in [0.3, 0.4) is 0 Å². The second-order valence-electron chi connectivity index (χ2n) is 13.2. The molecule has 1 amide bonds. The Bertz CT molecular complexity index is 1740. The number of anilines is 2. The maximum absolute atomic E-state index is 15.1. The Hall–Kier alpha value is -4.19. The van der Waals surface area contributed by atoms with E-state index in [4.69, 9.17) is 9.72 Å². The topological polar surface area (TPSA) is 101 Å². The highest BCUT2D eigenvalue weighted by molar-refractivity contribution is 5.83. The molecule has 2 aliphatic heterocycles. The molecule has 4 aromatic rings. The van der Waals surface area contributed by atoms with Crippen molar-refractivity contribution >= 4 is 28.9 Å². The van der Waals surface area contributed by atoms with Crippen LogP contribution in [0, 0.1) is 18.6 Å². The molecule has 0 aliphatic carbocycles. The Morgan fingerprint density at radius 1 is 1.04 bits per heavy atom. The number of carbonyl (C=O) groups excluding carboxylic acids is 1. The first kappa shape index (κ1) is 30.8. The van der Waals surface area contributed by atoms with E-state index in [2.05, 4.69) is 31.2 Å². The number of amides is 1. The molecule has 6 rings (SSSR count). The zero-order valence-electron chi connectivity index (χ0n) is 26.7. The number of fused-ring (bicyclic) bond motifs is 2. The maximum atomic E-state index is 15.1. The van der Waals surface area contributed by atoms with Crippen molar-refractivity contribution < 1.29 is 18.3 Å².